The number of carbonyl (C=O) groups excluding carboxylic acids is 2. The Morgan fingerprint density at radius 1 is 1.07 bits per heavy atom. The lowest BCUT2D eigenvalue weighted by Crippen LogP contribution is -2.46. The Morgan fingerprint density at radius 3 is 2.25 bits per heavy atom. The number of benzene rings is 1. The van der Waals surface area contributed by atoms with E-state index >= 15 is 0 Å². The van der Waals surface area contributed by atoms with Crippen molar-refractivity contribution < 1.29 is 14.3 Å². The highest BCUT2D eigenvalue weighted by molar-refractivity contribution is 5.82. The lowest BCUT2D eigenvalue weighted by Gasteiger charge is -2.27. The number of nitrogens with one attached hydrogen (secondary N) is 2. The van der Waals surface area contributed by atoms with E-state index in [4.69, 9.17) is 4.74 Å². The number of esters is 1. The second-order valence-corrected chi connectivity index (χ2v) is 7.99. The fourth-order valence-corrected chi connectivity index (χ4v) is 3.36. The number of nitrogens with zero attached hydrogens (tertiary/aromatic N) is 1. The Balaban J connectivity index is 1.81. The van der Waals surface area contributed by atoms with Crippen molar-refractivity contribution >= 4 is 11.9 Å². The Hall–Kier alpha value is -1.92. The minimum Gasteiger partial charge on any atom is -0.426 e. The van der Waals surface area contributed by atoms with Crippen molar-refractivity contribution in [3.8, 4) is 5.75 Å². The molecule has 0 aromatic heterocycles. The van der Waals surface area contributed by atoms with Crippen LogP contribution in [0.5, 0.6) is 5.75 Å². The molecule has 1 amide bonds. The van der Waals surface area contributed by atoms with Gasteiger partial charge in [0, 0.05) is 45.7 Å². The van der Waals surface area contributed by atoms with Crippen LogP contribution in [0.2, 0.25) is 0 Å². The number of para-hydroxylation sites is 1. The van der Waals surface area contributed by atoms with Gasteiger partial charge in [-0.15, -0.1) is 0 Å². The summed E-state index contributed by atoms with van der Waals surface area (Å²) in [5, 5.41) is 6.21. The van der Waals surface area contributed by atoms with Gasteiger partial charge in [-0.2, -0.15) is 0 Å². The van der Waals surface area contributed by atoms with Gasteiger partial charge in [0.15, 0.2) is 0 Å². The summed E-state index contributed by atoms with van der Waals surface area (Å²) in [7, 11) is 0. The molecular formula is C22H35N3O3. The molecule has 1 heterocycles. The molecule has 2 N–H and O–H groups in total. The van der Waals surface area contributed by atoms with Crippen molar-refractivity contribution in [2.24, 2.45) is 0 Å². The summed E-state index contributed by atoms with van der Waals surface area (Å²) in [6.45, 7) is 13.8. The molecule has 0 atom stereocenters. The maximum Gasteiger partial charge on any atom is 0.311 e. The van der Waals surface area contributed by atoms with Crippen LogP contribution in [0, 0.1) is 0 Å². The number of hydrogen-bond donors (Lipinski definition) is 2. The Bertz CT molecular complexity index is 626. The van der Waals surface area contributed by atoms with Gasteiger partial charge in [-0.25, -0.2) is 0 Å². The highest BCUT2D eigenvalue weighted by Crippen LogP contribution is 2.34. The molecule has 1 aliphatic heterocycles. The first-order valence-electron chi connectivity index (χ1n) is 10.4. The quantitative estimate of drug-likeness (QED) is 0.502. The Morgan fingerprint density at radius 2 is 1.68 bits per heavy atom. The monoisotopic (exact) mass is 389 g/mol. The van der Waals surface area contributed by atoms with Crippen LogP contribution in [0.4, 0.5) is 0 Å². The fraction of sp³-hybridized carbons (Fsp3) is 0.636. The van der Waals surface area contributed by atoms with Gasteiger partial charge in [-0.3, -0.25) is 14.5 Å². The predicted octanol–water partition coefficient (Wildman–Crippen LogP) is 2.64. The summed E-state index contributed by atoms with van der Waals surface area (Å²) in [6.07, 6.45) is 0.241. The summed E-state index contributed by atoms with van der Waals surface area (Å²) in [6, 6.07) is 6.01. The van der Waals surface area contributed by atoms with Gasteiger partial charge in [0.1, 0.15) is 5.75 Å². The van der Waals surface area contributed by atoms with E-state index in [0.29, 0.717) is 12.3 Å². The van der Waals surface area contributed by atoms with Gasteiger partial charge in [0.05, 0.1) is 6.42 Å². The number of amides is 1. The second kappa shape index (κ2) is 11.2. The van der Waals surface area contributed by atoms with Crippen LogP contribution in [-0.2, 0) is 9.59 Å². The number of hydrogen-bond acceptors (Lipinski definition) is 5. The summed E-state index contributed by atoms with van der Waals surface area (Å²) < 4.78 is 5.72. The number of carbonyl (C=O) groups is 2. The second-order valence-electron chi connectivity index (χ2n) is 7.99. The zero-order valence-corrected chi connectivity index (χ0v) is 17.7. The highest BCUT2D eigenvalue weighted by Gasteiger charge is 2.18. The standard InChI is InChI=1S/C22H35N3O3/c1-16(2)18-6-5-7-19(17(3)4)22(18)28-21(27)9-8-20(26)24-12-15-25-13-10-23-11-14-25/h5-7,16-17,23H,8-15H2,1-4H3,(H,24,26). The third-order valence-corrected chi connectivity index (χ3v) is 5.05. The first kappa shape index (κ1) is 22.4. The molecule has 1 aliphatic rings. The van der Waals surface area contributed by atoms with E-state index in [-0.39, 0.29) is 36.6 Å². The lowest BCUT2D eigenvalue weighted by molar-refractivity contribution is -0.136. The molecule has 1 aromatic carbocycles. The molecule has 2 rings (SSSR count). The zero-order valence-electron chi connectivity index (χ0n) is 17.7. The summed E-state index contributed by atoms with van der Waals surface area (Å²) in [5.41, 5.74) is 2.06. The molecule has 1 fully saturated rings. The molecule has 0 spiro atoms. The summed E-state index contributed by atoms with van der Waals surface area (Å²) in [5.74, 6) is 0.724. The van der Waals surface area contributed by atoms with E-state index in [1.165, 1.54) is 0 Å². The lowest BCUT2D eigenvalue weighted by atomic mass is 9.94. The molecule has 156 valence electrons. The molecule has 1 saturated heterocycles. The first-order valence-corrected chi connectivity index (χ1v) is 10.4. The largest absolute Gasteiger partial charge is 0.426 e. The maximum atomic E-state index is 12.4. The van der Waals surface area contributed by atoms with Gasteiger partial charge in [-0.1, -0.05) is 45.9 Å². The van der Waals surface area contributed by atoms with Crippen LogP contribution in [-0.4, -0.2) is 56.0 Å². The third-order valence-electron chi connectivity index (χ3n) is 5.05. The Labute approximate surface area is 169 Å². The number of rotatable bonds is 9. The van der Waals surface area contributed by atoms with Crippen molar-refractivity contribution in [3.63, 3.8) is 0 Å². The van der Waals surface area contributed by atoms with Gasteiger partial charge < -0.3 is 15.4 Å². The van der Waals surface area contributed by atoms with E-state index in [9.17, 15) is 9.59 Å². The normalized spacial score (nSPS) is 15.1. The molecule has 0 saturated carbocycles. The van der Waals surface area contributed by atoms with Gasteiger partial charge >= 0.3 is 5.97 Å². The third kappa shape index (κ3) is 6.91. The SMILES string of the molecule is CC(C)c1cccc(C(C)C)c1OC(=O)CCC(=O)NCCN1CCNCC1. The molecule has 28 heavy (non-hydrogen) atoms. The minimum atomic E-state index is -0.354. The zero-order chi connectivity index (χ0) is 20.5. The molecule has 0 unspecified atom stereocenters. The van der Waals surface area contributed by atoms with Crippen molar-refractivity contribution in [2.45, 2.75) is 52.4 Å². The van der Waals surface area contributed by atoms with E-state index in [0.717, 1.165) is 43.9 Å². The predicted molar refractivity (Wildman–Crippen MR) is 112 cm³/mol. The number of ether oxygens (including phenoxy) is 1. The molecular weight excluding hydrogens is 354 g/mol. The highest BCUT2D eigenvalue weighted by atomic mass is 16.5. The van der Waals surface area contributed by atoms with Gasteiger partial charge in [0.2, 0.25) is 5.91 Å². The number of piperazine rings is 1. The van der Waals surface area contributed by atoms with Crippen LogP contribution < -0.4 is 15.4 Å². The molecule has 6 heteroatoms. The van der Waals surface area contributed by atoms with Crippen molar-refractivity contribution in [1.29, 1.82) is 0 Å². The van der Waals surface area contributed by atoms with Crippen molar-refractivity contribution in [3.05, 3.63) is 29.3 Å². The van der Waals surface area contributed by atoms with Crippen LogP contribution in [0.25, 0.3) is 0 Å². The summed E-state index contributed by atoms with van der Waals surface area (Å²) >= 11 is 0. The average Bonchev–Trinajstić information content (AvgIpc) is 2.67. The van der Waals surface area contributed by atoms with Crippen LogP contribution in [0.15, 0.2) is 18.2 Å². The Kier molecular flexibility index (Phi) is 8.93. The molecule has 6 nitrogen and oxygen atoms in total. The minimum absolute atomic E-state index is 0.0867. The first-order chi connectivity index (χ1) is 13.4. The molecule has 0 bridgehead atoms. The topological polar surface area (TPSA) is 70.7 Å². The van der Waals surface area contributed by atoms with Crippen LogP contribution in [0.1, 0.15) is 63.5 Å². The summed E-state index contributed by atoms with van der Waals surface area (Å²) in [4.78, 5) is 26.7. The molecule has 1 aromatic rings. The van der Waals surface area contributed by atoms with Gasteiger partial charge in [-0.05, 0) is 23.0 Å². The van der Waals surface area contributed by atoms with Crippen LogP contribution in [0.3, 0.4) is 0 Å². The maximum absolute atomic E-state index is 12.4. The van der Waals surface area contributed by atoms with E-state index in [2.05, 4.69) is 43.2 Å². The fourth-order valence-electron chi connectivity index (χ4n) is 3.36. The van der Waals surface area contributed by atoms with E-state index in [1.54, 1.807) is 0 Å². The smallest absolute Gasteiger partial charge is 0.311 e. The van der Waals surface area contributed by atoms with Crippen LogP contribution >= 0.6 is 0 Å². The molecule has 0 aliphatic carbocycles. The average molecular weight is 390 g/mol. The van der Waals surface area contributed by atoms with Crippen molar-refractivity contribution in [1.82, 2.24) is 15.5 Å². The van der Waals surface area contributed by atoms with Crippen molar-refractivity contribution in [2.75, 3.05) is 39.3 Å². The van der Waals surface area contributed by atoms with E-state index in [1.807, 2.05) is 18.2 Å². The van der Waals surface area contributed by atoms with E-state index < -0.39 is 0 Å². The molecule has 0 radical (unpaired) electrons. The van der Waals surface area contributed by atoms with Gasteiger partial charge in [0.25, 0.3) is 0 Å².